The molecule has 0 aliphatic heterocycles. The van der Waals surface area contributed by atoms with Gasteiger partial charge in [-0.1, -0.05) is 19.1 Å². The van der Waals surface area contributed by atoms with Crippen LogP contribution < -0.4 is 15.6 Å². The highest BCUT2D eigenvalue weighted by Crippen LogP contribution is 2.22. The second-order valence-corrected chi connectivity index (χ2v) is 6.97. The Morgan fingerprint density at radius 2 is 2.19 bits per heavy atom. The number of aromatic nitrogens is 2. The van der Waals surface area contributed by atoms with Crippen LogP contribution in [0.25, 0.3) is 4.96 Å². The molecule has 0 saturated heterocycles. The molecule has 142 valence electrons. The predicted octanol–water partition coefficient (Wildman–Crippen LogP) is 2.62. The third-order valence-corrected chi connectivity index (χ3v) is 4.79. The molecule has 7 nitrogen and oxygen atoms in total. The molecular formula is C19H22N4O3S. The summed E-state index contributed by atoms with van der Waals surface area (Å²) < 4.78 is 6.79. The first-order valence-corrected chi connectivity index (χ1v) is 9.59. The molecular weight excluding hydrogens is 364 g/mol. The molecule has 0 saturated carbocycles. The van der Waals surface area contributed by atoms with Gasteiger partial charge in [-0.15, -0.1) is 11.3 Å². The molecule has 0 fully saturated rings. The third-order valence-electron chi connectivity index (χ3n) is 4.03. The summed E-state index contributed by atoms with van der Waals surface area (Å²) in [6.07, 6.45) is 2.60. The van der Waals surface area contributed by atoms with Crippen molar-refractivity contribution in [1.82, 2.24) is 14.3 Å². The number of hydrogen-bond donors (Lipinski definition) is 1. The van der Waals surface area contributed by atoms with Gasteiger partial charge in [-0.3, -0.25) is 18.9 Å². The number of nitrogens with zero attached hydrogens (tertiary/aromatic N) is 3. The first-order chi connectivity index (χ1) is 13.1. The lowest BCUT2D eigenvalue weighted by atomic mass is 10.3. The van der Waals surface area contributed by atoms with Crippen molar-refractivity contribution < 1.29 is 9.53 Å². The first-order valence-electron chi connectivity index (χ1n) is 8.71. The molecule has 2 aromatic heterocycles. The van der Waals surface area contributed by atoms with Crippen molar-refractivity contribution in [3.05, 3.63) is 58.0 Å². The first kappa shape index (κ1) is 19.1. The number of ether oxygens (including phenoxy) is 1. The van der Waals surface area contributed by atoms with Crippen LogP contribution >= 0.6 is 11.3 Å². The Labute approximate surface area is 161 Å². The highest BCUT2D eigenvalue weighted by molar-refractivity contribution is 7.15. The summed E-state index contributed by atoms with van der Waals surface area (Å²) in [4.78, 5) is 31.8. The largest absolute Gasteiger partial charge is 0.495 e. The van der Waals surface area contributed by atoms with E-state index in [-0.39, 0.29) is 18.0 Å². The smallest absolute Gasteiger partial charge is 0.258 e. The summed E-state index contributed by atoms with van der Waals surface area (Å²) in [6, 6.07) is 8.82. The van der Waals surface area contributed by atoms with Crippen molar-refractivity contribution in [1.29, 1.82) is 0 Å². The van der Waals surface area contributed by atoms with Crippen LogP contribution in [0.4, 0.5) is 5.69 Å². The van der Waals surface area contributed by atoms with E-state index < -0.39 is 0 Å². The number of para-hydroxylation sites is 2. The lowest BCUT2D eigenvalue weighted by Gasteiger charge is -2.21. The zero-order chi connectivity index (χ0) is 19.2. The van der Waals surface area contributed by atoms with E-state index in [1.165, 1.54) is 21.8 Å². The monoisotopic (exact) mass is 386 g/mol. The fourth-order valence-electron chi connectivity index (χ4n) is 2.87. The zero-order valence-electron chi connectivity index (χ0n) is 15.3. The lowest BCUT2D eigenvalue weighted by Crippen LogP contribution is -2.34. The van der Waals surface area contributed by atoms with Gasteiger partial charge in [0.05, 0.1) is 25.0 Å². The van der Waals surface area contributed by atoms with Gasteiger partial charge in [-0.2, -0.15) is 0 Å². The number of thiazole rings is 1. The fourth-order valence-corrected chi connectivity index (χ4v) is 3.61. The molecule has 2 heterocycles. The zero-order valence-corrected chi connectivity index (χ0v) is 16.2. The normalized spacial score (nSPS) is 11.1. The number of amides is 1. The Hall–Kier alpha value is -2.71. The number of benzene rings is 1. The second kappa shape index (κ2) is 8.79. The number of nitrogens with one attached hydrogen (secondary N) is 1. The molecule has 0 aliphatic carbocycles. The molecule has 1 aromatic carbocycles. The van der Waals surface area contributed by atoms with Crippen LogP contribution in [0.5, 0.6) is 5.75 Å². The van der Waals surface area contributed by atoms with Crippen LogP contribution in [0.15, 0.2) is 46.7 Å². The number of anilines is 1. The number of methoxy groups -OCH3 is 1. The number of rotatable bonds is 8. The maximum absolute atomic E-state index is 12.5. The SMILES string of the molecule is CCCN(CC(=O)Nc1ccccc1OC)Cc1cc(=O)n2ccsc2n1. The Morgan fingerprint density at radius 3 is 2.96 bits per heavy atom. The van der Waals surface area contributed by atoms with E-state index in [0.717, 1.165) is 13.0 Å². The van der Waals surface area contributed by atoms with E-state index in [1.807, 2.05) is 22.4 Å². The minimum absolute atomic E-state index is 0.105. The highest BCUT2D eigenvalue weighted by Gasteiger charge is 2.14. The molecule has 0 atom stereocenters. The lowest BCUT2D eigenvalue weighted by molar-refractivity contribution is -0.117. The van der Waals surface area contributed by atoms with E-state index in [1.54, 1.807) is 25.4 Å². The Morgan fingerprint density at radius 1 is 1.37 bits per heavy atom. The van der Waals surface area contributed by atoms with Crippen molar-refractivity contribution in [3.63, 3.8) is 0 Å². The minimum Gasteiger partial charge on any atom is -0.495 e. The molecule has 3 aromatic rings. The summed E-state index contributed by atoms with van der Waals surface area (Å²) in [5.41, 5.74) is 1.20. The van der Waals surface area contributed by atoms with Gasteiger partial charge < -0.3 is 10.1 Å². The Kier molecular flexibility index (Phi) is 6.20. The maximum atomic E-state index is 12.5. The van der Waals surface area contributed by atoms with Gasteiger partial charge in [-0.05, 0) is 25.1 Å². The summed E-state index contributed by atoms with van der Waals surface area (Å²) in [5.74, 6) is 0.479. The predicted molar refractivity (Wildman–Crippen MR) is 107 cm³/mol. The van der Waals surface area contributed by atoms with Crippen LogP contribution in [0.2, 0.25) is 0 Å². The summed E-state index contributed by atoms with van der Waals surface area (Å²) in [7, 11) is 1.57. The number of carbonyl (C=O) groups is 1. The molecule has 1 N–H and O–H groups in total. The molecule has 27 heavy (non-hydrogen) atoms. The van der Waals surface area contributed by atoms with Gasteiger partial charge in [-0.25, -0.2) is 4.98 Å². The van der Waals surface area contributed by atoms with E-state index in [0.29, 0.717) is 28.6 Å². The molecule has 0 aliphatic rings. The number of hydrogen-bond acceptors (Lipinski definition) is 6. The van der Waals surface area contributed by atoms with Crippen LogP contribution in [-0.2, 0) is 11.3 Å². The average Bonchev–Trinajstić information content (AvgIpc) is 3.11. The number of carbonyl (C=O) groups excluding carboxylic acids is 1. The molecule has 3 rings (SSSR count). The van der Waals surface area contributed by atoms with E-state index in [2.05, 4.69) is 17.2 Å². The van der Waals surface area contributed by atoms with Crippen molar-refractivity contribution in [2.24, 2.45) is 0 Å². The van der Waals surface area contributed by atoms with E-state index in [9.17, 15) is 9.59 Å². The molecule has 0 unspecified atom stereocenters. The quantitative estimate of drug-likeness (QED) is 0.644. The Balaban J connectivity index is 1.71. The molecule has 1 amide bonds. The molecule has 0 spiro atoms. The van der Waals surface area contributed by atoms with Gasteiger partial charge in [0.25, 0.3) is 5.56 Å². The summed E-state index contributed by atoms with van der Waals surface area (Å²) >= 11 is 1.42. The fraction of sp³-hybridized carbons (Fsp3) is 0.316. The third kappa shape index (κ3) is 4.72. The van der Waals surface area contributed by atoms with Crippen molar-refractivity contribution in [2.75, 3.05) is 25.5 Å². The summed E-state index contributed by atoms with van der Waals surface area (Å²) in [6.45, 7) is 3.43. The van der Waals surface area contributed by atoms with Crippen molar-refractivity contribution in [3.8, 4) is 5.75 Å². The van der Waals surface area contributed by atoms with Gasteiger partial charge in [0.15, 0.2) is 4.96 Å². The maximum Gasteiger partial charge on any atom is 0.258 e. The van der Waals surface area contributed by atoms with Gasteiger partial charge >= 0.3 is 0 Å². The van der Waals surface area contributed by atoms with Crippen LogP contribution in [0, 0.1) is 0 Å². The van der Waals surface area contributed by atoms with Crippen molar-refractivity contribution in [2.45, 2.75) is 19.9 Å². The van der Waals surface area contributed by atoms with E-state index in [4.69, 9.17) is 4.74 Å². The van der Waals surface area contributed by atoms with Crippen molar-refractivity contribution >= 4 is 27.9 Å². The van der Waals surface area contributed by atoms with Gasteiger partial charge in [0, 0.05) is 24.2 Å². The summed E-state index contributed by atoms with van der Waals surface area (Å²) in [5, 5.41) is 4.71. The topological polar surface area (TPSA) is 75.9 Å². The van der Waals surface area contributed by atoms with Crippen LogP contribution in [0.1, 0.15) is 19.0 Å². The van der Waals surface area contributed by atoms with Crippen LogP contribution in [0.3, 0.4) is 0 Å². The van der Waals surface area contributed by atoms with Crippen LogP contribution in [-0.4, -0.2) is 40.4 Å². The van der Waals surface area contributed by atoms with E-state index >= 15 is 0 Å². The average molecular weight is 386 g/mol. The molecule has 0 radical (unpaired) electrons. The molecule has 0 bridgehead atoms. The number of fused-ring (bicyclic) bond motifs is 1. The van der Waals surface area contributed by atoms with Gasteiger partial charge in [0.1, 0.15) is 5.75 Å². The standard InChI is InChI=1S/C19H22N4O3S/c1-3-8-22(12-14-11-18(25)23-9-10-27-19(23)20-14)13-17(24)21-15-6-4-5-7-16(15)26-2/h4-7,9-11H,3,8,12-13H2,1-2H3,(H,21,24). The minimum atomic E-state index is -0.137. The molecule has 8 heteroatoms. The Bertz CT molecular complexity index is 982. The van der Waals surface area contributed by atoms with Gasteiger partial charge in [0.2, 0.25) is 5.91 Å². The highest BCUT2D eigenvalue weighted by atomic mass is 32.1. The second-order valence-electron chi connectivity index (χ2n) is 6.10.